The second-order valence-corrected chi connectivity index (χ2v) is 4.12. The van der Waals surface area contributed by atoms with Gasteiger partial charge < -0.3 is 5.32 Å². The molecule has 1 rings (SSSR count). The molecule has 0 aromatic carbocycles. The van der Waals surface area contributed by atoms with Crippen LogP contribution in [0.25, 0.3) is 0 Å². The summed E-state index contributed by atoms with van der Waals surface area (Å²) in [4.78, 5) is 0. The first-order valence-corrected chi connectivity index (χ1v) is 5.11. The minimum atomic E-state index is 0.458. The molecule has 1 heteroatoms. The molecule has 1 nitrogen and oxygen atoms in total. The molecule has 70 valence electrons. The number of nitrogens with one attached hydrogen (secondary N) is 1. The number of hydrogen-bond acceptors (Lipinski definition) is 1. The Morgan fingerprint density at radius 3 is 2.58 bits per heavy atom. The minimum absolute atomic E-state index is 0.458. The third kappa shape index (κ3) is 2.98. The van der Waals surface area contributed by atoms with Crippen molar-refractivity contribution < 1.29 is 0 Å². The third-order valence-corrected chi connectivity index (χ3v) is 2.81. The van der Waals surface area contributed by atoms with Gasteiger partial charge in [0.25, 0.3) is 0 Å². The summed E-state index contributed by atoms with van der Waals surface area (Å²) in [6, 6.07) is 1.11. The molecule has 0 saturated heterocycles. The zero-order valence-electron chi connectivity index (χ0n) is 8.34. The van der Waals surface area contributed by atoms with E-state index in [4.69, 9.17) is 0 Å². The van der Waals surface area contributed by atoms with Gasteiger partial charge in [-0.2, -0.15) is 0 Å². The fourth-order valence-electron chi connectivity index (χ4n) is 1.81. The highest BCUT2D eigenvalue weighted by Gasteiger charge is 2.19. The lowest BCUT2D eigenvalue weighted by Crippen LogP contribution is -2.35. The van der Waals surface area contributed by atoms with Crippen molar-refractivity contribution in [1.82, 2.24) is 5.32 Å². The predicted molar refractivity (Wildman–Crippen MR) is 54.2 cm³/mol. The van der Waals surface area contributed by atoms with Gasteiger partial charge >= 0.3 is 0 Å². The van der Waals surface area contributed by atoms with E-state index in [0.717, 1.165) is 5.92 Å². The quantitative estimate of drug-likeness (QED) is 0.621. The van der Waals surface area contributed by atoms with E-state index < -0.39 is 0 Å². The molecule has 12 heavy (non-hydrogen) atoms. The Balaban J connectivity index is 2.09. The van der Waals surface area contributed by atoms with Crippen LogP contribution in [0.15, 0.2) is 12.7 Å². The summed E-state index contributed by atoms with van der Waals surface area (Å²) in [6.45, 7) is 8.20. The molecule has 1 aliphatic rings. The second kappa shape index (κ2) is 4.66. The summed E-state index contributed by atoms with van der Waals surface area (Å²) in [5.74, 6) is 1.00. The fourth-order valence-corrected chi connectivity index (χ4v) is 1.81. The summed E-state index contributed by atoms with van der Waals surface area (Å²) < 4.78 is 0. The maximum absolute atomic E-state index is 3.76. The molecular formula is C11H21N. The van der Waals surface area contributed by atoms with Crippen molar-refractivity contribution in [2.45, 2.75) is 51.6 Å². The van der Waals surface area contributed by atoms with Crippen LogP contribution in [-0.2, 0) is 0 Å². The minimum Gasteiger partial charge on any atom is -0.308 e. The SMILES string of the molecule is C=CC(C)NC(C)CC1CCC1. The van der Waals surface area contributed by atoms with Gasteiger partial charge in [0.15, 0.2) is 0 Å². The van der Waals surface area contributed by atoms with Crippen LogP contribution in [0.5, 0.6) is 0 Å². The number of rotatable bonds is 5. The Bertz CT molecular complexity index is 138. The predicted octanol–water partition coefficient (Wildman–Crippen LogP) is 2.73. The van der Waals surface area contributed by atoms with Gasteiger partial charge in [-0.3, -0.25) is 0 Å². The smallest absolute Gasteiger partial charge is 0.0221 e. The van der Waals surface area contributed by atoms with Crippen LogP contribution in [0, 0.1) is 5.92 Å². The van der Waals surface area contributed by atoms with E-state index in [0.29, 0.717) is 12.1 Å². The van der Waals surface area contributed by atoms with Crippen LogP contribution in [0.3, 0.4) is 0 Å². The van der Waals surface area contributed by atoms with Crippen molar-refractivity contribution in [1.29, 1.82) is 0 Å². The van der Waals surface area contributed by atoms with E-state index in [2.05, 4.69) is 25.7 Å². The monoisotopic (exact) mass is 167 g/mol. The van der Waals surface area contributed by atoms with Gasteiger partial charge in [-0.25, -0.2) is 0 Å². The third-order valence-electron chi connectivity index (χ3n) is 2.81. The second-order valence-electron chi connectivity index (χ2n) is 4.12. The Kier molecular flexibility index (Phi) is 3.80. The molecule has 1 fully saturated rings. The standard InChI is InChI=1S/C11H21N/c1-4-9(2)12-10(3)8-11-6-5-7-11/h4,9-12H,1,5-8H2,2-3H3. The van der Waals surface area contributed by atoms with E-state index in [1.807, 2.05) is 6.08 Å². The maximum Gasteiger partial charge on any atom is 0.0221 e. The first-order chi connectivity index (χ1) is 5.72. The highest BCUT2D eigenvalue weighted by atomic mass is 14.9. The summed E-state index contributed by atoms with van der Waals surface area (Å²) in [5, 5.41) is 3.51. The van der Waals surface area contributed by atoms with Crippen LogP contribution in [0.4, 0.5) is 0 Å². The van der Waals surface area contributed by atoms with Gasteiger partial charge in [0.05, 0.1) is 0 Å². The molecule has 0 radical (unpaired) electrons. The topological polar surface area (TPSA) is 12.0 Å². The van der Waals surface area contributed by atoms with Crippen molar-refractivity contribution in [2.24, 2.45) is 5.92 Å². The van der Waals surface area contributed by atoms with Crippen LogP contribution in [0.2, 0.25) is 0 Å². The van der Waals surface area contributed by atoms with E-state index in [9.17, 15) is 0 Å². The van der Waals surface area contributed by atoms with Crippen molar-refractivity contribution in [3.63, 3.8) is 0 Å². The molecule has 0 aromatic rings. The van der Waals surface area contributed by atoms with Gasteiger partial charge in [0, 0.05) is 12.1 Å². The van der Waals surface area contributed by atoms with E-state index in [-0.39, 0.29) is 0 Å². The summed E-state index contributed by atoms with van der Waals surface area (Å²) in [5.41, 5.74) is 0. The van der Waals surface area contributed by atoms with Crippen molar-refractivity contribution >= 4 is 0 Å². The normalized spacial score (nSPS) is 22.8. The lowest BCUT2D eigenvalue weighted by atomic mass is 9.81. The molecule has 1 N–H and O–H groups in total. The molecule has 0 heterocycles. The maximum atomic E-state index is 3.76. The van der Waals surface area contributed by atoms with Crippen molar-refractivity contribution in [3.8, 4) is 0 Å². The van der Waals surface area contributed by atoms with Gasteiger partial charge in [0.1, 0.15) is 0 Å². The lowest BCUT2D eigenvalue weighted by molar-refractivity contribution is 0.263. The molecule has 0 amide bonds. The molecule has 0 aliphatic heterocycles. The largest absolute Gasteiger partial charge is 0.308 e. The van der Waals surface area contributed by atoms with Gasteiger partial charge in [0.2, 0.25) is 0 Å². The first-order valence-electron chi connectivity index (χ1n) is 5.11. The zero-order chi connectivity index (χ0) is 8.97. The van der Waals surface area contributed by atoms with Gasteiger partial charge in [-0.1, -0.05) is 25.3 Å². The van der Waals surface area contributed by atoms with Crippen LogP contribution < -0.4 is 5.32 Å². The molecular weight excluding hydrogens is 146 g/mol. The Hall–Kier alpha value is -0.300. The van der Waals surface area contributed by atoms with E-state index in [1.54, 1.807) is 0 Å². The Morgan fingerprint density at radius 2 is 2.17 bits per heavy atom. The van der Waals surface area contributed by atoms with E-state index in [1.165, 1.54) is 25.7 Å². The van der Waals surface area contributed by atoms with Crippen LogP contribution >= 0.6 is 0 Å². The molecule has 2 unspecified atom stereocenters. The molecule has 0 aromatic heterocycles. The Morgan fingerprint density at radius 1 is 1.50 bits per heavy atom. The summed E-state index contributed by atoms with van der Waals surface area (Å²) >= 11 is 0. The molecule has 0 spiro atoms. The van der Waals surface area contributed by atoms with Crippen molar-refractivity contribution in [3.05, 3.63) is 12.7 Å². The van der Waals surface area contributed by atoms with Gasteiger partial charge in [-0.05, 0) is 26.2 Å². The highest BCUT2D eigenvalue weighted by molar-refractivity contribution is 4.84. The fraction of sp³-hybridized carbons (Fsp3) is 0.818. The highest BCUT2D eigenvalue weighted by Crippen LogP contribution is 2.30. The summed E-state index contributed by atoms with van der Waals surface area (Å²) in [7, 11) is 0. The summed E-state index contributed by atoms with van der Waals surface area (Å²) in [6.07, 6.45) is 7.67. The average Bonchev–Trinajstić information content (AvgIpc) is 1.97. The van der Waals surface area contributed by atoms with Crippen molar-refractivity contribution in [2.75, 3.05) is 0 Å². The Labute approximate surface area is 76.2 Å². The van der Waals surface area contributed by atoms with Crippen LogP contribution in [-0.4, -0.2) is 12.1 Å². The molecule has 1 aliphatic carbocycles. The molecule has 2 atom stereocenters. The van der Waals surface area contributed by atoms with Gasteiger partial charge in [-0.15, -0.1) is 6.58 Å². The first kappa shape index (κ1) is 9.79. The number of hydrogen-bond donors (Lipinski definition) is 1. The average molecular weight is 167 g/mol. The van der Waals surface area contributed by atoms with E-state index >= 15 is 0 Å². The lowest BCUT2D eigenvalue weighted by Gasteiger charge is -2.29. The zero-order valence-corrected chi connectivity index (χ0v) is 8.34. The van der Waals surface area contributed by atoms with Crippen LogP contribution in [0.1, 0.15) is 39.5 Å². The molecule has 0 bridgehead atoms. The molecule has 1 saturated carbocycles.